The van der Waals surface area contributed by atoms with Gasteiger partial charge in [-0.1, -0.05) is 26.0 Å². The van der Waals surface area contributed by atoms with Gasteiger partial charge < -0.3 is 4.74 Å². The highest BCUT2D eigenvalue weighted by Crippen LogP contribution is 2.33. The van der Waals surface area contributed by atoms with E-state index in [4.69, 9.17) is 4.74 Å². The van der Waals surface area contributed by atoms with Gasteiger partial charge in [0, 0.05) is 12.6 Å². The van der Waals surface area contributed by atoms with E-state index in [1.807, 2.05) is 0 Å². The van der Waals surface area contributed by atoms with E-state index < -0.39 is 0 Å². The van der Waals surface area contributed by atoms with Gasteiger partial charge in [-0.05, 0) is 43.0 Å². The van der Waals surface area contributed by atoms with Crippen LogP contribution in [-0.2, 0) is 0 Å². The van der Waals surface area contributed by atoms with E-state index in [-0.39, 0.29) is 0 Å². The zero-order valence-electron chi connectivity index (χ0n) is 11.1. The molecule has 2 heteroatoms. The molecule has 1 aromatic rings. The summed E-state index contributed by atoms with van der Waals surface area (Å²) in [6, 6.07) is 9.18. The van der Waals surface area contributed by atoms with Crippen LogP contribution in [-0.4, -0.2) is 25.1 Å². The standard InChI is InChI=1S/C15H23NO/c1-12(2)11-16-10-4-5-15(16)13-6-8-14(17-3)9-7-13/h6-9,12,15H,4-5,10-11H2,1-3H3. The molecule has 0 amide bonds. The Morgan fingerprint density at radius 1 is 1.29 bits per heavy atom. The van der Waals surface area contributed by atoms with Crippen molar-refractivity contribution in [3.8, 4) is 5.75 Å². The van der Waals surface area contributed by atoms with E-state index in [1.54, 1.807) is 7.11 Å². The first-order chi connectivity index (χ1) is 8.20. The van der Waals surface area contributed by atoms with Crippen molar-refractivity contribution in [3.05, 3.63) is 29.8 Å². The van der Waals surface area contributed by atoms with Crippen LogP contribution in [0.2, 0.25) is 0 Å². The molecule has 1 aromatic carbocycles. The third-order valence-corrected chi connectivity index (χ3v) is 3.46. The van der Waals surface area contributed by atoms with E-state index in [0.29, 0.717) is 6.04 Å². The Labute approximate surface area is 105 Å². The molecule has 0 N–H and O–H groups in total. The van der Waals surface area contributed by atoms with Crippen molar-refractivity contribution in [2.45, 2.75) is 32.7 Å². The molecular formula is C15H23NO. The Morgan fingerprint density at radius 2 is 2.00 bits per heavy atom. The van der Waals surface area contributed by atoms with Crippen LogP contribution < -0.4 is 4.74 Å². The van der Waals surface area contributed by atoms with Crippen molar-refractivity contribution >= 4 is 0 Å². The lowest BCUT2D eigenvalue weighted by Crippen LogP contribution is -2.27. The smallest absolute Gasteiger partial charge is 0.118 e. The van der Waals surface area contributed by atoms with Gasteiger partial charge in [0.2, 0.25) is 0 Å². The minimum Gasteiger partial charge on any atom is -0.497 e. The third-order valence-electron chi connectivity index (χ3n) is 3.46. The first-order valence-corrected chi connectivity index (χ1v) is 6.58. The average molecular weight is 233 g/mol. The molecule has 1 unspecified atom stereocenters. The molecule has 1 fully saturated rings. The highest BCUT2D eigenvalue weighted by molar-refractivity contribution is 5.29. The maximum Gasteiger partial charge on any atom is 0.118 e. The molecule has 1 atom stereocenters. The van der Waals surface area contributed by atoms with Crippen molar-refractivity contribution < 1.29 is 4.74 Å². The lowest BCUT2D eigenvalue weighted by Gasteiger charge is -2.26. The Kier molecular flexibility index (Phi) is 4.06. The molecule has 1 heterocycles. The molecule has 0 aliphatic carbocycles. The molecule has 2 rings (SSSR count). The van der Waals surface area contributed by atoms with Crippen molar-refractivity contribution in [1.82, 2.24) is 4.90 Å². The minimum absolute atomic E-state index is 0.614. The van der Waals surface area contributed by atoms with E-state index >= 15 is 0 Å². The van der Waals surface area contributed by atoms with Gasteiger partial charge in [0.25, 0.3) is 0 Å². The molecule has 0 aromatic heterocycles. The largest absolute Gasteiger partial charge is 0.497 e. The highest BCUT2D eigenvalue weighted by atomic mass is 16.5. The Hall–Kier alpha value is -1.02. The van der Waals surface area contributed by atoms with Gasteiger partial charge in [-0.2, -0.15) is 0 Å². The molecular weight excluding hydrogens is 210 g/mol. The second-order valence-corrected chi connectivity index (χ2v) is 5.32. The number of hydrogen-bond acceptors (Lipinski definition) is 2. The van der Waals surface area contributed by atoms with Crippen LogP contribution in [0.4, 0.5) is 0 Å². The van der Waals surface area contributed by atoms with Gasteiger partial charge in [-0.15, -0.1) is 0 Å². The van der Waals surface area contributed by atoms with Gasteiger partial charge in [0.1, 0.15) is 5.75 Å². The second-order valence-electron chi connectivity index (χ2n) is 5.32. The number of likely N-dealkylation sites (tertiary alicyclic amines) is 1. The summed E-state index contributed by atoms with van der Waals surface area (Å²) in [7, 11) is 1.72. The average Bonchev–Trinajstić information content (AvgIpc) is 2.76. The monoisotopic (exact) mass is 233 g/mol. The Morgan fingerprint density at radius 3 is 2.59 bits per heavy atom. The minimum atomic E-state index is 0.614. The fraction of sp³-hybridized carbons (Fsp3) is 0.600. The number of hydrogen-bond donors (Lipinski definition) is 0. The lowest BCUT2D eigenvalue weighted by molar-refractivity contribution is 0.229. The van der Waals surface area contributed by atoms with Crippen molar-refractivity contribution in [2.75, 3.05) is 20.2 Å². The van der Waals surface area contributed by atoms with Crippen LogP contribution in [0.25, 0.3) is 0 Å². The van der Waals surface area contributed by atoms with E-state index in [1.165, 1.54) is 31.5 Å². The maximum atomic E-state index is 5.21. The SMILES string of the molecule is COc1ccc(C2CCCN2CC(C)C)cc1. The van der Waals surface area contributed by atoms with Crippen LogP contribution in [0.1, 0.15) is 38.3 Å². The number of ether oxygens (including phenoxy) is 1. The normalized spacial score (nSPS) is 21.1. The van der Waals surface area contributed by atoms with Crippen LogP contribution >= 0.6 is 0 Å². The Bertz CT molecular complexity index is 344. The fourth-order valence-electron chi connectivity index (χ4n) is 2.72. The van der Waals surface area contributed by atoms with Crippen molar-refractivity contribution in [2.24, 2.45) is 5.92 Å². The molecule has 0 radical (unpaired) electrons. The van der Waals surface area contributed by atoms with Crippen LogP contribution in [0.5, 0.6) is 5.75 Å². The van der Waals surface area contributed by atoms with Crippen LogP contribution in [0.15, 0.2) is 24.3 Å². The first kappa shape index (κ1) is 12.4. The number of benzene rings is 1. The molecule has 0 bridgehead atoms. The molecule has 0 saturated carbocycles. The van der Waals surface area contributed by atoms with Crippen molar-refractivity contribution in [3.63, 3.8) is 0 Å². The van der Waals surface area contributed by atoms with Crippen molar-refractivity contribution in [1.29, 1.82) is 0 Å². The summed E-state index contributed by atoms with van der Waals surface area (Å²) in [6.07, 6.45) is 2.61. The topological polar surface area (TPSA) is 12.5 Å². The molecule has 1 aliphatic rings. The molecule has 1 aliphatic heterocycles. The zero-order valence-corrected chi connectivity index (χ0v) is 11.1. The molecule has 94 valence electrons. The first-order valence-electron chi connectivity index (χ1n) is 6.58. The summed E-state index contributed by atoms with van der Waals surface area (Å²) in [5, 5.41) is 0. The summed E-state index contributed by atoms with van der Waals surface area (Å²) in [6.45, 7) is 7.04. The quantitative estimate of drug-likeness (QED) is 0.789. The molecule has 0 spiro atoms. The number of rotatable bonds is 4. The summed E-state index contributed by atoms with van der Waals surface area (Å²) in [4.78, 5) is 2.62. The third kappa shape index (κ3) is 3.01. The van der Waals surface area contributed by atoms with E-state index in [2.05, 4.69) is 43.0 Å². The van der Waals surface area contributed by atoms with E-state index in [9.17, 15) is 0 Å². The van der Waals surface area contributed by atoms with Gasteiger partial charge in [-0.3, -0.25) is 4.90 Å². The van der Waals surface area contributed by atoms with Gasteiger partial charge in [0.05, 0.1) is 7.11 Å². The van der Waals surface area contributed by atoms with Crippen LogP contribution in [0.3, 0.4) is 0 Å². The predicted octanol–water partition coefficient (Wildman–Crippen LogP) is 3.49. The lowest BCUT2D eigenvalue weighted by atomic mass is 10.0. The van der Waals surface area contributed by atoms with Gasteiger partial charge in [-0.25, -0.2) is 0 Å². The summed E-state index contributed by atoms with van der Waals surface area (Å²) in [5.41, 5.74) is 1.43. The molecule has 17 heavy (non-hydrogen) atoms. The fourth-order valence-corrected chi connectivity index (χ4v) is 2.72. The van der Waals surface area contributed by atoms with Gasteiger partial charge in [0.15, 0.2) is 0 Å². The summed E-state index contributed by atoms with van der Waals surface area (Å²) < 4.78 is 5.21. The Balaban J connectivity index is 2.08. The van der Waals surface area contributed by atoms with Gasteiger partial charge >= 0.3 is 0 Å². The highest BCUT2D eigenvalue weighted by Gasteiger charge is 2.25. The second kappa shape index (κ2) is 5.54. The predicted molar refractivity (Wildman–Crippen MR) is 71.4 cm³/mol. The summed E-state index contributed by atoms with van der Waals surface area (Å²) >= 11 is 0. The number of nitrogens with zero attached hydrogens (tertiary/aromatic N) is 1. The summed E-state index contributed by atoms with van der Waals surface area (Å²) in [5.74, 6) is 1.69. The number of methoxy groups -OCH3 is 1. The molecule has 2 nitrogen and oxygen atoms in total. The van der Waals surface area contributed by atoms with Crippen LogP contribution in [0, 0.1) is 5.92 Å². The molecule has 1 saturated heterocycles. The van der Waals surface area contributed by atoms with E-state index in [0.717, 1.165) is 11.7 Å². The zero-order chi connectivity index (χ0) is 12.3. The maximum absolute atomic E-state index is 5.21.